The molecule has 4 aromatic carbocycles. The molecular weight excluding hydrogens is 747 g/mol. The molecule has 0 aliphatic carbocycles. The number of rotatable bonds is 21. The number of benzene rings is 4. The van der Waals surface area contributed by atoms with Gasteiger partial charge < -0.3 is 61.7 Å². The maximum absolute atomic E-state index is 12.1. The first-order valence-corrected chi connectivity index (χ1v) is 19.5. The Morgan fingerprint density at radius 3 is 1.34 bits per heavy atom. The maximum atomic E-state index is 12.1. The molecule has 56 heavy (non-hydrogen) atoms. The molecule has 304 valence electrons. The van der Waals surface area contributed by atoms with Crippen LogP contribution < -0.4 is 37.9 Å². The average molecular weight is 799 g/mol. The first kappa shape index (κ1) is 42.5. The van der Waals surface area contributed by atoms with Crippen molar-refractivity contribution in [1.82, 2.24) is 0 Å². The van der Waals surface area contributed by atoms with Crippen molar-refractivity contribution in [3.05, 3.63) is 95.6 Å². The van der Waals surface area contributed by atoms with Crippen LogP contribution in [-0.4, -0.2) is 91.5 Å². The van der Waals surface area contributed by atoms with Crippen LogP contribution in [0.5, 0.6) is 46.0 Å². The van der Waals surface area contributed by atoms with Crippen molar-refractivity contribution in [2.45, 2.75) is 56.9 Å². The van der Waals surface area contributed by atoms with Gasteiger partial charge in [-0.1, -0.05) is 18.2 Å². The zero-order chi connectivity index (χ0) is 40.0. The van der Waals surface area contributed by atoms with Crippen LogP contribution in [-0.2, 0) is 43.3 Å². The highest BCUT2D eigenvalue weighted by atomic mass is 31.1. The number of hydrogen-bond donors (Lipinski definition) is 1. The molecule has 4 aromatic rings. The molecule has 0 radical (unpaired) electrons. The highest BCUT2D eigenvalue weighted by molar-refractivity contribution is 7.37. The predicted octanol–water partition coefficient (Wildman–Crippen LogP) is 6.46. The van der Waals surface area contributed by atoms with Crippen LogP contribution in [0.4, 0.5) is 0 Å². The number of methoxy groups -OCH3 is 7. The first-order valence-electron chi connectivity index (χ1n) is 17.9. The summed E-state index contributed by atoms with van der Waals surface area (Å²) < 4.78 is 83.9. The lowest BCUT2D eigenvalue weighted by Gasteiger charge is -2.46. The third-order valence-corrected chi connectivity index (χ3v) is 9.93. The molecule has 1 unspecified atom stereocenters. The summed E-state index contributed by atoms with van der Waals surface area (Å²) in [6.45, 7) is 0.322. The van der Waals surface area contributed by atoms with Crippen molar-refractivity contribution < 1.29 is 66.3 Å². The Hall–Kier alpha value is -4.69. The van der Waals surface area contributed by atoms with E-state index in [0.717, 1.165) is 16.7 Å². The van der Waals surface area contributed by atoms with Crippen molar-refractivity contribution in [2.24, 2.45) is 0 Å². The van der Waals surface area contributed by atoms with E-state index in [4.69, 9.17) is 56.8 Å². The second-order valence-electron chi connectivity index (χ2n) is 12.7. The minimum Gasteiger partial charge on any atom is -0.497 e. The topological polar surface area (TPSA) is 148 Å². The third-order valence-electron chi connectivity index (χ3n) is 9.22. The highest BCUT2D eigenvalue weighted by Crippen LogP contribution is 2.37. The van der Waals surface area contributed by atoms with Gasteiger partial charge in [0.05, 0.1) is 75.7 Å². The van der Waals surface area contributed by atoms with E-state index in [9.17, 15) is 9.46 Å². The Morgan fingerprint density at radius 2 is 0.929 bits per heavy atom. The fraction of sp³-hybridized carbons (Fsp3) is 0.415. The first-order chi connectivity index (χ1) is 27.2. The lowest BCUT2D eigenvalue weighted by molar-refractivity contribution is -0.304. The van der Waals surface area contributed by atoms with E-state index in [1.807, 2.05) is 36.4 Å². The summed E-state index contributed by atoms with van der Waals surface area (Å²) in [6.07, 6.45) is -4.20. The zero-order valence-corrected chi connectivity index (χ0v) is 33.7. The molecule has 6 atom stereocenters. The van der Waals surface area contributed by atoms with Crippen molar-refractivity contribution >= 4 is 8.03 Å². The molecule has 0 amide bonds. The molecular formula is C41H51O14P. The average Bonchev–Trinajstić information content (AvgIpc) is 3.23. The van der Waals surface area contributed by atoms with E-state index in [1.165, 1.54) is 0 Å². The van der Waals surface area contributed by atoms with Crippen LogP contribution >= 0.6 is 8.03 Å². The summed E-state index contributed by atoms with van der Waals surface area (Å²) in [6, 6.07) is 23.5. The molecule has 1 N–H and O–H groups in total. The van der Waals surface area contributed by atoms with Gasteiger partial charge in [0, 0.05) is 6.16 Å². The maximum Gasteiger partial charge on any atom is 0.229 e. The molecule has 0 aromatic heterocycles. The molecule has 5 rings (SSSR count). The lowest BCUT2D eigenvalue weighted by Crippen LogP contribution is -2.61. The molecule has 0 saturated carbocycles. The summed E-state index contributed by atoms with van der Waals surface area (Å²) in [5.41, 5.74) is 2.36. The Bertz CT molecular complexity index is 1850. The van der Waals surface area contributed by atoms with E-state index >= 15 is 0 Å². The van der Waals surface area contributed by atoms with Gasteiger partial charge in [-0.05, 0) is 83.8 Å². The second-order valence-corrected chi connectivity index (χ2v) is 14.0. The van der Waals surface area contributed by atoms with Gasteiger partial charge in [-0.15, -0.1) is 0 Å². The van der Waals surface area contributed by atoms with Gasteiger partial charge in [0.1, 0.15) is 29.8 Å². The van der Waals surface area contributed by atoms with Crippen molar-refractivity contribution in [3.8, 4) is 46.0 Å². The SMILES string of the molecule is COc1ccc(O[C@H]2O[C@H](CC[PH](=O)O)[C@@H](OCc3ccc(OC)c(OC)c3)[C@H](OCc3ccc(OC)c(OC)c3)[C@@H]2OCc2ccc(OC)c(OC)c2)cc1. The normalized spacial score (nSPS) is 19.8. The van der Waals surface area contributed by atoms with Crippen LogP contribution in [0.15, 0.2) is 78.9 Å². The van der Waals surface area contributed by atoms with Crippen LogP contribution in [0.1, 0.15) is 23.1 Å². The minimum absolute atomic E-state index is 0.0135. The van der Waals surface area contributed by atoms with Crippen molar-refractivity contribution in [3.63, 3.8) is 0 Å². The predicted molar refractivity (Wildman–Crippen MR) is 207 cm³/mol. The van der Waals surface area contributed by atoms with Gasteiger partial charge in [0.2, 0.25) is 6.29 Å². The summed E-state index contributed by atoms with van der Waals surface area (Å²) in [4.78, 5) is 9.97. The van der Waals surface area contributed by atoms with Gasteiger partial charge in [-0.2, -0.15) is 0 Å². The van der Waals surface area contributed by atoms with Gasteiger partial charge in [0.15, 0.2) is 42.5 Å². The largest absolute Gasteiger partial charge is 0.497 e. The standard InChI is InChI=1S/C41H51O14P/c1-44-29-11-13-30(14-12-29)54-41-40(53-25-28-10-17-33(47-4)37(22-28)50-7)39(52-24-27-9-16-32(46-3)36(21-27)49-6)38(34(55-41)18-19-56(42)43)51-23-26-8-15-31(45-2)35(20-26)48-5/h8-17,20-22,34,38-41,56H,18-19,23-25H2,1-7H3,(H,42,43)/t34-,38-,39+,40+,41+/m1/s1. The van der Waals surface area contributed by atoms with E-state index in [-0.39, 0.29) is 32.4 Å². The van der Waals surface area contributed by atoms with Gasteiger partial charge in [0.25, 0.3) is 0 Å². The Balaban J connectivity index is 1.55. The fourth-order valence-corrected chi connectivity index (χ4v) is 6.85. The molecule has 15 heteroatoms. The monoisotopic (exact) mass is 798 g/mol. The Kier molecular flexibility index (Phi) is 15.9. The van der Waals surface area contributed by atoms with Crippen LogP contribution in [0.2, 0.25) is 0 Å². The quantitative estimate of drug-likeness (QED) is 0.0919. The number of ether oxygens (including phenoxy) is 12. The van der Waals surface area contributed by atoms with E-state index in [1.54, 1.807) is 92.2 Å². The van der Waals surface area contributed by atoms with Gasteiger partial charge in [-0.3, -0.25) is 4.57 Å². The zero-order valence-electron chi connectivity index (χ0n) is 32.7. The summed E-state index contributed by atoms with van der Waals surface area (Å²) >= 11 is 0. The van der Waals surface area contributed by atoms with E-state index < -0.39 is 38.7 Å². The third kappa shape index (κ3) is 11.0. The second kappa shape index (κ2) is 21.0. The molecule has 1 heterocycles. The molecule has 1 aliphatic heterocycles. The lowest BCUT2D eigenvalue weighted by atomic mass is 9.96. The van der Waals surface area contributed by atoms with Crippen molar-refractivity contribution in [2.75, 3.05) is 55.9 Å². The molecule has 1 aliphatic rings. The molecule has 1 saturated heterocycles. The fourth-order valence-electron chi connectivity index (χ4n) is 6.32. The molecule has 1 fully saturated rings. The van der Waals surface area contributed by atoms with Crippen molar-refractivity contribution in [1.29, 1.82) is 0 Å². The summed E-state index contributed by atoms with van der Waals surface area (Å²) in [5.74, 6) is 4.45. The summed E-state index contributed by atoms with van der Waals surface area (Å²) in [5, 5.41) is 0. The Morgan fingerprint density at radius 1 is 0.518 bits per heavy atom. The van der Waals surface area contributed by atoms with Gasteiger partial charge >= 0.3 is 0 Å². The Labute approximate surface area is 328 Å². The molecule has 0 bridgehead atoms. The van der Waals surface area contributed by atoms with E-state index in [0.29, 0.717) is 46.0 Å². The smallest absolute Gasteiger partial charge is 0.229 e. The summed E-state index contributed by atoms with van der Waals surface area (Å²) in [7, 11) is 8.11. The van der Waals surface area contributed by atoms with Crippen LogP contribution in [0, 0.1) is 0 Å². The van der Waals surface area contributed by atoms with Crippen LogP contribution in [0.25, 0.3) is 0 Å². The highest BCUT2D eigenvalue weighted by Gasteiger charge is 2.49. The molecule has 0 spiro atoms. The van der Waals surface area contributed by atoms with Crippen LogP contribution in [0.3, 0.4) is 0 Å². The van der Waals surface area contributed by atoms with Gasteiger partial charge in [-0.25, -0.2) is 0 Å². The van der Waals surface area contributed by atoms with E-state index in [2.05, 4.69) is 0 Å². The molecule has 14 nitrogen and oxygen atoms in total. The number of hydrogen-bond acceptors (Lipinski definition) is 13. The minimum atomic E-state index is -2.87.